The lowest BCUT2D eigenvalue weighted by Crippen LogP contribution is -2.37. The van der Waals surface area contributed by atoms with Crippen LogP contribution in [0.15, 0.2) is 34.7 Å². The molecule has 7 heteroatoms. The predicted molar refractivity (Wildman–Crippen MR) is 87.5 cm³/mol. The molecule has 1 fully saturated rings. The maximum Gasteiger partial charge on any atom is 0.250 e. The number of aromatic amines is 1. The van der Waals surface area contributed by atoms with Crippen molar-refractivity contribution in [2.75, 3.05) is 26.3 Å². The summed E-state index contributed by atoms with van der Waals surface area (Å²) < 4.78 is 5.62. The fourth-order valence-electron chi connectivity index (χ4n) is 2.72. The zero-order chi connectivity index (χ0) is 16.1. The van der Waals surface area contributed by atoms with Gasteiger partial charge in [-0.25, -0.2) is 4.98 Å². The lowest BCUT2D eigenvalue weighted by atomic mass is 10.0. The summed E-state index contributed by atoms with van der Waals surface area (Å²) in [6.45, 7) is 2.38. The summed E-state index contributed by atoms with van der Waals surface area (Å²) in [5.41, 5.74) is 0.574. The highest BCUT2D eigenvalue weighted by molar-refractivity contribution is 7.10. The Balaban J connectivity index is 1.63. The van der Waals surface area contributed by atoms with Crippen LogP contribution in [-0.4, -0.2) is 47.1 Å². The second-order valence-electron chi connectivity index (χ2n) is 5.64. The minimum atomic E-state index is -0.157. The zero-order valence-corrected chi connectivity index (χ0v) is 13.6. The van der Waals surface area contributed by atoms with E-state index in [-0.39, 0.29) is 17.4 Å². The Morgan fingerprint density at radius 3 is 3.22 bits per heavy atom. The molecule has 1 aliphatic heterocycles. The van der Waals surface area contributed by atoms with Crippen LogP contribution in [0.2, 0.25) is 0 Å². The number of nitrogens with one attached hydrogen (secondary N) is 1. The number of hydrogen-bond donors (Lipinski definition) is 1. The highest BCUT2D eigenvalue weighted by atomic mass is 32.1. The molecule has 0 bridgehead atoms. The van der Waals surface area contributed by atoms with Crippen molar-refractivity contribution in [1.29, 1.82) is 0 Å². The first-order chi connectivity index (χ1) is 11.2. The van der Waals surface area contributed by atoms with Crippen molar-refractivity contribution in [3.05, 3.63) is 50.8 Å². The van der Waals surface area contributed by atoms with Crippen molar-refractivity contribution >= 4 is 17.2 Å². The van der Waals surface area contributed by atoms with Gasteiger partial charge in [0.05, 0.1) is 26.0 Å². The Morgan fingerprint density at radius 1 is 1.52 bits per heavy atom. The zero-order valence-electron chi connectivity index (χ0n) is 12.7. The van der Waals surface area contributed by atoms with E-state index in [9.17, 15) is 9.59 Å². The number of nitrogens with zero attached hydrogens (tertiary/aromatic N) is 2. The second kappa shape index (κ2) is 7.52. The molecule has 23 heavy (non-hydrogen) atoms. The van der Waals surface area contributed by atoms with Crippen molar-refractivity contribution in [2.24, 2.45) is 5.92 Å². The number of H-pyrrole nitrogens is 1. The van der Waals surface area contributed by atoms with E-state index < -0.39 is 0 Å². The van der Waals surface area contributed by atoms with Gasteiger partial charge >= 0.3 is 0 Å². The van der Waals surface area contributed by atoms with E-state index in [4.69, 9.17) is 4.74 Å². The summed E-state index contributed by atoms with van der Waals surface area (Å²) in [6, 6.07) is 5.44. The average molecular weight is 333 g/mol. The first kappa shape index (κ1) is 15.9. The van der Waals surface area contributed by atoms with Crippen LogP contribution in [0.1, 0.15) is 10.6 Å². The Morgan fingerprint density at radius 2 is 2.43 bits per heavy atom. The SMILES string of the molecule is O=C(Cc1cccs1)N1CCOCC(Cc2cc(=O)[nH]cn2)C1. The average Bonchev–Trinajstić information content (AvgIpc) is 2.92. The first-order valence-corrected chi connectivity index (χ1v) is 8.50. The van der Waals surface area contributed by atoms with Gasteiger partial charge in [-0.3, -0.25) is 9.59 Å². The molecule has 1 amide bonds. The lowest BCUT2D eigenvalue weighted by molar-refractivity contribution is -0.130. The fourth-order valence-corrected chi connectivity index (χ4v) is 3.42. The molecular formula is C16H19N3O3S. The lowest BCUT2D eigenvalue weighted by Gasteiger charge is -2.23. The van der Waals surface area contributed by atoms with E-state index in [1.54, 1.807) is 11.3 Å². The Kier molecular flexibility index (Phi) is 5.19. The topological polar surface area (TPSA) is 75.3 Å². The Labute approximate surface area is 138 Å². The van der Waals surface area contributed by atoms with Gasteiger partial charge in [0.1, 0.15) is 0 Å². The predicted octanol–water partition coefficient (Wildman–Crippen LogP) is 1.09. The van der Waals surface area contributed by atoms with Crippen LogP contribution in [0, 0.1) is 5.92 Å². The molecule has 1 N–H and O–H groups in total. The number of ether oxygens (including phenoxy) is 1. The highest BCUT2D eigenvalue weighted by Gasteiger charge is 2.23. The number of rotatable bonds is 4. The summed E-state index contributed by atoms with van der Waals surface area (Å²) in [6.07, 6.45) is 2.48. The number of carbonyl (C=O) groups is 1. The molecule has 3 rings (SSSR count). The van der Waals surface area contributed by atoms with Crippen LogP contribution in [0.4, 0.5) is 0 Å². The summed E-state index contributed by atoms with van der Waals surface area (Å²) in [5, 5.41) is 1.98. The Hall–Kier alpha value is -1.99. The van der Waals surface area contributed by atoms with Gasteiger partial charge in [0.2, 0.25) is 5.91 Å². The third-order valence-electron chi connectivity index (χ3n) is 3.83. The molecule has 0 radical (unpaired) electrons. The molecule has 1 aliphatic rings. The molecule has 6 nitrogen and oxygen atoms in total. The molecule has 122 valence electrons. The maximum atomic E-state index is 12.5. The number of amides is 1. The molecule has 1 atom stereocenters. The molecule has 0 aliphatic carbocycles. The molecule has 0 spiro atoms. The van der Waals surface area contributed by atoms with E-state index in [0.29, 0.717) is 39.1 Å². The molecular weight excluding hydrogens is 314 g/mol. The van der Waals surface area contributed by atoms with E-state index in [1.807, 2.05) is 22.4 Å². The number of carbonyl (C=O) groups excluding carboxylic acids is 1. The van der Waals surface area contributed by atoms with Gasteiger partial charge in [-0.1, -0.05) is 6.07 Å². The van der Waals surface area contributed by atoms with Crippen molar-refractivity contribution < 1.29 is 9.53 Å². The van der Waals surface area contributed by atoms with E-state index in [1.165, 1.54) is 12.4 Å². The molecule has 3 heterocycles. The van der Waals surface area contributed by atoms with Crippen LogP contribution in [0.5, 0.6) is 0 Å². The number of thiophene rings is 1. The van der Waals surface area contributed by atoms with Crippen LogP contribution in [0.3, 0.4) is 0 Å². The quantitative estimate of drug-likeness (QED) is 0.909. The van der Waals surface area contributed by atoms with Crippen molar-refractivity contribution in [2.45, 2.75) is 12.8 Å². The van der Waals surface area contributed by atoms with Gasteiger partial charge in [-0.15, -0.1) is 11.3 Å². The van der Waals surface area contributed by atoms with Gasteiger partial charge in [0.15, 0.2) is 0 Å². The van der Waals surface area contributed by atoms with Crippen molar-refractivity contribution in [3.8, 4) is 0 Å². The first-order valence-electron chi connectivity index (χ1n) is 7.62. The normalized spacial score (nSPS) is 18.6. The van der Waals surface area contributed by atoms with Gasteiger partial charge in [-0.05, 0) is 17.9 Å². The molecule has 0 aromatic carbocycles. The van der Waals surface area contributed by atoms with E-state index >= 15 is 0 Å². The highest BCUT2D eigenvalue weighted by Crippen LogP contribution is 2.15. The maximum absolute atomic E-state index is 12.5. The largest absolute Gasteiger partial charge is 0.379 e. The van der Waals surface area contributed by atoms with Gasteiger partial charge < -0.3 is 14.6 Å². The minimum Gasteiger partial charge on any atom is -0.379 e. The van der Waals surface area contributed by atoms with E-state index in [2.05, 4.69) is 9.97 Å². The van der Waals surface area contributed by atoms with Crippen LogP contribution < -0.4 is 5.56 Å². The third kappa shape index (κ3) is 4.49. The van der Waals surface area contributed by atoms with Crippen molar-refractivity contribution in [3.63, 3.8) is 0 Å². The fraction of sp³-hybridized carbons (Fsp3) is 0.438. The van der Waals surface area contributed by atoms with Crippen LogP contribution in [0.25, 0.3) is 0 Å². The summed E-state index contributed by atoms with van der Waals surface area (Å²) in [5.74, 6) is 0.279. The van der Waals surface area contributed by atoms with Crippen molar-refractivity contribution in [1.82, 2.24) is 14.9 Å². The van der Waals surface area contributed by atoms with Gasteiger partial charge in [0.25, 0.3) is 5.56 Å². The van der Waals surface area contributed by atoms with E-state index in [0.717, 1.165) is 10.6 Å². The molecule has 2 aromatic rings. The summed E-state index contributed by atoms with van der Waals surface area (Å²) >= 11 is 1.60. The third-order valence-corrected chi connectivity index (χ3v) is 4.71. The van der Waals surface area contributed by atoms with Crippen LogP contribution >= 0.6 is 11.3 Å². The van der Waals surface area contributed by atoms with Crippen LogP contribution in [-0.2, 0) is 22.4 Å². The standard InChI is InChI=1S/C16H19N3O3S/c20-15-7-13(17-11-18-15)6-12-9-19(3-4-22-10-12)16(21)8-14-2-1-5-23-14/h1-2,5,7,11-12H,3-4,6,8-10H2,(H,17,18,20). The summed E-state index contributed by atoms with van der Waals surface area (Å²) in [7, 11) is 0. The molecule has 0 saturated carbocycles. The molecule has 1 unspecified atom stereocenters. The molecule has 2 aromatic heterocycles. The van der Waals surface area contributed by atoms with Gasteiger partial charge in [-0.2, -0.15) is 0 Å². The Bertz CT molecular complexity index is 699. The number of hydrogen-bond acceptors (Lipinski definition) is 5. The minimum absolute atomic E-state index is 0.127. The molecule has 1 saturated heterocycles. The monoisotopic (exact) mass is 333 g/mol. The smallest absolute Gasteiger partial charge is 0.250 e. The summed E-state index contributed by atoms with van der Waals surface area (Å²) in [4.78, 5) is 33.5. The number of aromatic nitrogens is 2. The van der Waals surface area contributed by atoms with Gasteiger partial charge in [0, 0.05) is 35.6 Å². The second-order valence-corrected chi connectivity index (χ2v) is 6.68.